The summed E-state index contributed by atoms with van der Waals surface area (Å²) in [4.78, 5) is 8.12. The Morgan fingerprint density at radius 1 is 1.17 bits per heavy atom. The summed E-state index contributed by atoms with van der Waals surface area (Å²) < 4.78 is 0. The van der Waals surface area contributed by atoms with Crippen molar-refractivity contribution in [1.29, 1.82) is 0 Å². The Kier molecular flexibility index (Phi) is 5.61. The van der Waals surface area contributed by atoms with Crippen molar-refractivity contribution in [1.82, 2.24) is 9.97 Å². The molecule has 0 bridgehead atoms. The number of hydrogen-bond acceptors (Lipinski definition) is 3. The Hall–Kier alpha value is -2.75. The average Bonchev–Trinajstić information content (AvgIpc) is 3.11. The van der Waals surface area contributed by atoms with Gasteiger partial charge >= 0.3 is 0 Å². The fourth-order valence-corrected chi connectivity index (χ4v) is 4.53. The van der Waals surface area contributed by atoms with Crippen molar-refractivity contribution in [2.24, 2.45) is 0 Å². The highest BCUT2D eigenvalue weighted by atomic mass is 16.3. The van der Waals surface area contributed by atoms with Crippen LogP contribution in [0.3, 0.4) is 0 Å². The quantitative estimate of drug-likeness (QED) is 0.328. The van der Waals surface area contributed by atoms with Crippen molar-refractivity contribution in [2.75, 3.05) is 0 Å². The highest BCUT2D eigenvalue weighted by molar-refractivity contribution is 5.83. The van der Waals surface area contributed by atoms with Crippen molar-refractivity contribution in [2.45, 2.75) is 64.7 Å². The number of unbranched alkanes of at least 4 members (excludes halogenated alkanes) is 2. The number of aromatic amines is 1. The summed E-state index contributed by atoms with van der Waals surface area (Å²) in [5, 5.41) is 22.2. The predicted molar refractivity (Wildman–Crippen MR) is 118 cm³/mol. The zero-order valence-corrected chi connectivity index (χ0v) is 17.3. The summed E-state index contributed by atoms with van der Waals surface area (Å²) >= 11 is 0. The van der Waals surface area contributed by atoms with Gasteiger partial charge in [0.2, 0.25) is 0 Å². The molecule has 0 saturated heterocycles. The van der Waals surface area contributed by atoms with Gasteiger partial charge < -0.3 is 15.2 Å². The molecule has 152 valence electrons. The summed E-state index contributed by atoms with van der Waals surface area (Å²) in [7, 11) is 0. The molecule has 29 heavy (non-hydrogen) atoms. The molecule has 0 aliphatic heterocycles. The SMILES string of the molecule is CCCCCc1cc(O)c(C2C=C(C)CCC2)c(O)c1-c1nc2ccccc2[nH]1. The van der Waals surface area contributed by atoms with Crippen LogP contribution in [-0.4, -0.2) is 20.2 Å². The second-order valence-corrected chi connectivity index (χ2v) is 8.26. The van der Waals surface area contributed by atoms with Crippen LogP contribution in [0.15, 0.2) is 42.0 Å². The molecule has 1 aliphatic rings. The van der Waals surface area contributed by atoms with Gasteiger partial charge in [-0.15, -0.1) is 0 Å². The lowest BCUT2D eigenvalue weighted by Crippen LogP contribution is -2.05. The minimum Gasteiger partial charge on any atom is -0.507 e. The molecule has 4 heteroatoms. The van der Waals surface area contributed by atoms with Crippen LogP contribution in [0.2, 0.25) is 0 Å². The molecular weight excluding hydrogens is 360 g/mol. The highest BCUT2D eigenvalue weighted by Crippen LogP contribution is 2.47. The number of aromatic hydroxyl groups is 2. The van der Waals surface area contributed by atoms with E-state index in [2.05, 4.69) is 24.9 Å². The number of phenolic OH excluding ortho intramolecular Hbond substituents is 2. The number of fused-ring (bicyclic) bond motifs is 1. The predicted octanol–water partition coefficient (Wildman–Crippen LogP) is 6.59. The minimum absolute atomic E-state index is 0.0385. The van der Waals surface area contributed by atoms with Crippen LogP contribution in [0.4, 0.5) is 0 Å². The van der Waals surface area contributed by atoms with E-state index in [0.717, 1.165) is 67.1 Å². The normalized spacial score (nSPS) is 16.9. The number of nitrogens with zero attached hydrogens (tertiary/aromatic N) is 1. The molecule has 1 heterocycles. The lowest BCUT2D eigenvalue weighted by atomic mass is 9.83. The van der Waals surface area contributed by atoms with Crippen molar-refractivity contribution in [3.8, 4) is 22.9 Å². The number of rotatable bonds is 6. The Labute approximate surface area is 172 Å². The maximum atomic E-state index is 11.4. The lowest BCUT2D eigenvalue weighted by Gasteiger charge is -2.24. The molecule has 3 N–H and O–H groups in total. The topological polar surface area (TPSA) is 69.1 Å². The number of imidazole rings is 1. The van der Waals surface area contributed by atoms with E-state index in [1.54, 1.807) is 0 Å². The Bertz CT molecular complexity index is 1020. The Balaban J connectivity index is 1.87. The third kappa shape index (κ3) is 3.89. The van der Waals surface area contributed by atoms with Gasteiger partial charge in [0.25, 0.3) is 0 Å². The number of hydrogen-bond donors (Lipinski definition) is 3. The smallest absolute Gasteiger partial charge is 0.142 e. The molecule has 0 amide bonds. The molecule has 1 aliphatic carbocycles. The van der Waals surface area contributed by atoms with Gasteiger partial charge in [-0.25, -0.2) is 4.98 Å². The zero-order chi connectivity index (χ0) is 20.4. The fraction of sp³-hybridized carbons (Fsp3) is 0.400. The summed E-state index contributed by atoms with van der Waals surface area (Å²) in [5.74, 6) is 1.08. The van der Waals surface area contributed by atoms with Gasteiger partial charge in [0.05, 0.1) is 16.6 Å². The van der Waals surface area contributed by atoms with Gasteiger partial charge in [-0.05, 0) is 62.8 Å². The number of aryl methyl sites for hydroxylation is 1. The molecular formula is C25H30N2O2. The molecule has 1 aromatic heterocycles. The van der Waals surface area contributed by atoms with Crippen molar-refractivity contribution in [3.05, 3.63) is 53.1 Å². The van der Waals surface area contributed by atoms with E-state index >= 15 is 0 Å². The average molecular weight is 391 g/mol. The van der Waals surface area contributed by atoms with E-state index in [9.17, 15) is 10.2 Å². The number of phenols is 2. The second-order valence-electron chi connectivity index (χ2n) is 8.26. The number of allylic oxidation sites excluding steroid dienone is 2. The van der Waals surface area contributed by atoms with Crippen LogP contribution in [0.1, 0.15) is 69.4 Å². The summed E-state index contributed by atoms with van der Waals surface area (Å²) in [6, 6.07) is 9.76. The molecule has 1 atom stereocenters. The Morgan fingerprint density at radius 3 is 2.76 bits per heavy atom. The van der Waals surface area contributed by atoms with E-state index < -0.39 is 0 Å². The summed E-state index contributed by atoms with van der Waals surface area (Å²) in [6.07, 6.45) is 9.36. The first-order valence-electron chi connectivity index (χ1n) is 10.8. The second kappa shape index (κ2) is 8.32. The third-order valence-corrected chi connectivity index (χ3v) is 6.02. The van der Waals surface area contributed by atoms with E-state index in [4.69, 9.17) is 4.98 Å². The zero-order valence-electron chi connectivity index (χ0n) is 17.3. The van der Waals surface area contributed by atoms with E-state index in [-0.39, 0.29) is 17.4 Å². The number of nitrogens with one attached hydrogen (secondary N) is 1. The summed E-state index contributed by atoms with van der Waals surface area (Å²) in [5.41, 5.74) is 5.47. The van der Waals surface area contributed by atoms with Gasteiger partial charge in [0.1, 0.15) is 17.3 Å². The maximum Gasteiger partial charge on any atom is 0.142 e. The van der Waals surface area contributed by atoms with Crippen molar-refractivity contribution < 1.29 is 10.2 Å². The molecule has 0 saturated carbocycles. The van der Waals surface area contributed by atoms with Gasteiger partial charge in [0.15, 0.2) is 0 Å². The van der Waals surface area contributed by atoms with Gasteiger partial charge in [-0.2, -0.15) is 0 Å². The van der Waals surface area contributed by atoms with Crippen molar-refractivity contribution >= 4 is 11.0 Å². The van der Waals surface area contributed by atoms with Crippen molar-refractivity contribution in [3.63, 3.8) is 0 Å². The van der Waals surface area contributed by atoms with Crippen LogP contribution in [0.25, 0.3) is 22.4 Å². The number of para-hydroxylation sites is 2. The van der Waals surface area contributed by atoms with E-state index in [1.807, 2.05) is 30.3 Å². The standard InChI is InChI=1S/C25H30N2O2/c1-3-4-5-10-18-15-21(28)22(17-11-8-9-16(2)14-17)24(29)23(18)25-26-19-12-6-7-13-20(19)27-25/h6-7,12-15,17,28-29H,3-5,8-11H2,1-2H3,(H,26,27). The van der Waals surface area contributed by atoms with Gasteiger partial charge in [-0.3, -0.25) is 0 Å². The fourth-order valence-electron chi connectivity index (χ4n) is 4.53. The number of aromatic nitrogens is 2. The van der Waals surface area contributed by atoms with Crippen LogP contribution in [0, 0.1) is 0 Å². The molecule has 3 aromatic rings. The summed E-state index contributed by atoms with van der Waals surface area (Å²) in [6.45, 7) is 4.30. The molecule has 1 unspecified atom stereocenters. The Morgan fingerprint density at radius 2 is 2.00 bits per heavy atom. The first-order chi connectivity index (χ1) is 14.1. The molecule has 4 rings (SSSR count). The molecule has 4 nitrogen and oxygen atoms in total. The monoisotopic (exact) mass is 390 g/mol. The number of benzene rings is 2. The third-order valence-electron chi connectivity index (χ3n) is 6.02. The van der Waals surface area contributed by atoms with Crippen LogP contribution < -0.4 is 0 Å². The molecule has 0 radical (unpaired) electrons. The molecule has 0 spiro atoms. The van der Waals surface area contributed by atoms with E-state index in [1.165, 1.54) is 5.57 Å². The first-order valence-corrected chi connectivity index (χ1v) is 10.8. The first kappa shape index (κ1) is 19.6. The number of H-pyrrole nitrogens is 1. The lowest BCUT2D eigenvalue weighted by molar-refractivity contribution is 0.428. The highest BCUT2D eigenvalue weighted by Gasteiger charge is 2.26. The van der Waals surface area contributed by atoms with Crippen LogP contribution >= 0.6 is 0 Å². The molecule has 2 aromatic carbocycles. The molecule has 0 fully saturated rings. The minimum atomic E-state index is 0.0385. The maximum absolute atomic E-state index is 11.4. The van der Waals surface area contributed by atoms with Gasteiger partial charge in [0, 0.05) is 11.5 Å². The van der Waals surface area contributed by atoms with Crippen LogP contribution in [-0.2, 0) is 6.42 Å². The van der Waals surface area contributed by atoms with E-state index in [0.29, 0.717) is 11.4 Å². The van der Waals surface area contributed by atoms with Crippen LogP contribution in [0.5, 0.6) is 11.5 Å². The largest absolute Gasteiger partial charge is 0.507 e. The van der Waals surface area contributed by atoms with Gasteiger partial charge in [-0.1, -0.05) is 43.5 Å².